The van der Waals surface area contributed by atoms with E-state index in [2.05, 4.69) is 6.58 Å². The van der Waals surface area contributed by atoms with E-state index >= 15 is 0 Å². The van der Waals surface area contributed by atoms with Crippen LogP contribution in [-0.2, 0) is 14.4 Å². The first kappa shape index (κ1) is 21.2. The summed E-state index contributed by atoms with van der Waals surface area (Å²) in [5, 5.41) is 1.64. The van der Waals surface area contributed by atoms with Crippen molar-refractivity contribution in [3.8, 4) is 0 Å². The fourth-order valence-corrected chi connectivity index (χ4v) is 2.74. The minimum absolute atomic E-state index is 0.130. The first-order valence-electron chi connectivity index (χ1n) is 8.54. The first-order valence-corrected chi connectivity index (χ1v) is 8.54. The summed E-state index contributed by atoms with van der Waals surface area (Å²) in [6.07, 6.45) is 4.03. The lowest BCUT2D eigenvalue weighted by molar-refractivity contribution is -0.155. The predicted octanol–water partition coefficient (Wildman–Crippen LogP) is 2.24. The van der Waals surface area contributed by atoms with Crippen LogP contribution in [0.2, 0.25) is 0 Å². The monoisotopic (exact) mass is 353 g/mol. The van der Waals surface area contributed by atoms with Crippen molar-refractivity contribution in [1.29, 1.82) is 0 Å². The number of nitrogens with zero attached hydrogens (tertiary/aromatic N) is 2. The van der Waals surface area contributed by atoms with Crippen molar-refractivity contribution in [3.63, 3.8) is 0 Å². The molecule has 0 fully saturated rings. The fraction of sp³-hybridized carbons (Fsp3) is 0.667. The summed E-state index contributed by atoms with van der Waals surface area (Å²) in [4.78, 5) is 31.3. The van der Waals surface area contributed by atoms with Gasteiger partial charge in [-0.3, -0.25) is 14.5 Å². The predicted molar refractivity (Wildman–Crippen MR) is 96.6 cm³/mol. The number of hydrogen-bond acceptors (Lipinski definition) is 5. The maximum absolute atomic E-state index is 12.6. The van der Waals surface area contributed by atoms with Crippen molar-refractivity contribution in [2.24, 2.45) is 5.73 Å². The molecule has 0 spiro atoms. The maximum atomic E-state index is 12.6. The number of amides is 2. The van der Waals surface area contributed by atoms with Gasteiger partial charge in [-0.25, -0.2) is 4.79 Å². The highest BCUT2D eigenvalue weighted by atomic mass is 16.7. The molecular weight excluding hydrogens is 322 g/mol. The molecule has 0 radical (unpaired) electrons. The van der Waals surface area contributed by atoms with Crippen LogP contribution in [0, 0.1) is 0 Å². The van der Waals surface area contributed by atoms with E-state index in [4.69, 9.17) is 15.3 Å². The summed E-state index contributed by atoms with van der Waals surface area (Å²) in [5.41, 5.74) is 5.67. The second-order valence-corrected chi connectivity index (χ2v) is 7.14. The molecule has 7 nitrogen and oxygen atoms in total. The summed E-state index contributed by atoms with van der Waals surface area (Å²) in [6, 6.07) is -0.420. The van der Waals surface area contributed by atoms with Crippen LogP contribution >= 0.6 is 0 Å². The molecular formula is C18H31N3O4. The third-order valence-electron chi connectivity index (χ3n) is 3.86. The van der Waals surface area contributed by atoms with E-state index < -0.39 is 11.5 Å². The number of likely N-dealkylation sites (N-methyl/N-ethyl adjacent to an activating group) is 1. The van der Waals surface area contributed by atoms with Gasteiger partial charge in [-0.1, -0.05) is 19.1 Å². The molecule has 0 aliphatic carbocycles. The van der Waals surface area contributed by atoms with Crippen LogP contribution in [0.1, 0.15) is 40.5 Å². The molecule has 25 heavy (non-hydrogen) atoms. The molecule has 2 amide bonds. The highest BCUT2D eigenvalue weighted by Gasteiger charge is 2.36. The molecule has 1 heterocycles. The zero-order chi connectivity index (χ0) is 19.2. The number of hydrogen-bond donors (Lipinski definition) is 1. The molecule has 7 heteroatoms. The van der Waals surface area contributed by atoms with Crippen molar-refractivity contribution in [3.05, 3.63) is 24.3 Å². The molecule has 2 atom stereocenters. The van der Waals surface area contributed by atoms with Gasteiger partial charge in [-0.2, -0.15) is 5.06 Å². The average Bonchev–Trinajstić information content (AvgIpc) is 2.49. The second-order valence-electron chi connectivity index (χ2n) is 7.14. The SMILES string of the molecule is C=CCON(C)[C@H]1CN(C(=O)OC(C)(C)C)[C@H](CC)C=C1CC(N)=O. The normalized spacial score (nSPS) is 21.0. The van der Waals surface area contributed by atoms with Gasteiger partial charge in [0.2, 0.25) is 5.91 Å². The van der Waals surface area contributed by atoms with Gasteiger partial charge in [-0.05, 0) is 32.8 Å². The molecule has 0 bridgehead atoms. The highest BCUT2D eigenvalue weighted by molar-refractivity contribution is 5.77. The van der Waals surface area contributed by atoms with Crippen LogP contribution in [0.4, 0.5) is 4.79 Å². The number of nitrogens with two attached hydrogens (primary N) is 1. The lowest BCUT2D eigenvalue weighted by Gasteiger charge is -2.41. The van der Waals surface area contributed by atoms with Crippen molar-refractivity contribution in [2.45, 2.75) is 58.2 Å². The Labute approximate surface area is 150 Å². The minimum Gasteiger partial charge on any atom is -0.444 e. The number of carbonyl (C=O) groups is 2. The number of hydroxylamine groups is 2. The van der Waals surface area contributed by atoms with E-state index in [0.29, 0.717) is 19.6 Å². The molecule has 0 unspecified atom stereocenters. The molecule has 0 aromatic carbocycles. The molecule has 0 saturated heterocycles. The third-order valence-corrected chi connectivity index (χ3v) is 3.86. The minimum atomic E-state index is -0.576. The van der Waals surface area contributed by atoms with Crippen molar-refractivity contribution >= 4 is 12.0 Å². The third kappa shape index (κ3) is 6.51. The van der Waals surface area contributed by atoms with Gasteiger partial charge >= 0.3 is 6.09 Å². The standard InChI is InChI=1S/C18H31N3O4/c1-7-9-24-20(6)15-12-21(17(23)25-18(3,4)5)14(8-2)10-13(15)11-16(19)22/h7,10,14-15H,1,8-9,11-12H2,2-6H3,(H2,19,22)/t14-,15+/m1/s1. The molecule has 0 saturated carbocycles. The summed E-state index contributed by atoms with van der Waals surface area (Å²) >= 11 is 0. The number of primary amides is 1. The van der Waals surface area contributed by atoms with Crippen LogP contribution in [0.3, 0.4) is 0 Å². The van der Waals surface area contributed by atoms with Crippen molar-refractivity contribution in [1.82, 2.24) is 9.96 Å². The van der Waals surface area contributed by atoms with Gasteiger partial charge in [-0.15, -0.1) is 6.58 Å². The largest absolute Gasteiger partial charge is 0.444 e. The van der Waals surface area contributed by atoms with E-state index in [0.717, 1.165) is 5.57 Å². The van der Waals surface area contributed by atoms with Crippen LogP contribution in [-0.4, -0.2) is 59.8 Å². The molecule has 142 valence electrons. The number of ether oxygens (including phenoxy) is 1. The summed E-state index contributed by atoms with van der Waals surface area (Å²) in [7, 11) is 1.77. The van der Waals surface area contributed by atoms with Gasteiger partial charge in [0.25, 0.3) is 0 Å². The van der Waals surface area contributed by atoms with Crippen LogP contribution < -0.4 is 5.73 Å². The summed E-state index contributed by atoms with van der Waals surface area (Å²) in [5.74, 6) is -0.408. The van der Waals surface area contributed by atoms with Crippen molar-refractivity contribution in [2.75, 3.05) is 20.2 Å². The molecule has 0 aromatic rings. The highest BCUT2D eigenvalue weighted by Crippen LogP contribution is 2.26. The number of carbonyl (C=O) groups excluding carboxylic acids is 2. The Hall–Kier alpha value is -1.86. The van der Waals surface area contributed by atoms with Crippen LogP contribution in [0.25, 0.3) is 0 Å². The van der Waals surface area contributed by atoms with Crippen LogP contribution in [0.5, 0.6) is 0 Å². The fourth-order valence-electron chi connectivity index (χ4n) is 2.74. The molecule has 0 aromatic heterocycles. The Morgan fingerprint density at radius 2 is 2.12 bits per heavy atom. The lowest BCUT2D eigenvalue weighted by Crippen LogP contribution is -2.53. The Balaban J connectivity index is 3.09. The summed E-state index contributed by atoms with van der Waals surface area (Å²) < 4.78 is 5.53. The Kier molecular flexibility index (Phi) is 7.63. The van der Waals surface area contributed by atoms with E-state index in [1.165, 1.54) is 0 Å². The average molecular weight is 353 g/mol. The van der Waals surface area contributed by atoms with Gasteiger partial charge < -0.3 is 10.5 Å². The van der Waals surface area contributed by atoms with E-state index in [-0.39, 0.29) is 24.6 Å². The van der Waals surface area contributed by atoms with Crippen LogP contribution in [0.15, 0.2) is 24.3 Å². The Morgan fingerprint density at radius 1 is 1.48 bits per heavy atom. The molecule has 2 N–H and O–H groups in total. The first-order chi connectivity index (χ1) is 11.6. The number of rotatable bonds is 7. The van der Waals surface area contributed by atoms with E-state index in [1.54, 1.807) is 23.1 Å². The van der Waals surface area contributed by atoms with Gasteiger partial charge in [0, 0.05) is 20.0 Å². The topological polar surface area (TPSA) is 85.1 Å². The van der Waals surface area contributed by atoms with Gasteiger partial charge in [0.15, 0.2) is 0 Å². The molecule has 1 rings (SSSR count). The quantitative estimate of drug-likeness (QED) is 0.560. The summed E-state index contributed by atoms with van der Waals surface area (Å²) in [6.45, 7) is 11.8. The lowest BCUT2D eigenvalue weighted by atomic mass is 9.93. The van der Waals surface area contributed by atoms with Gasteiger partial charge in [0.1, 0.15) is 5.60 Å². The second kappa shape index (κ2) is 9.01. The van der Waals surface area contributed by atoms with Gasteiger partial charge in [0.05, 0.1) is 18.7 Å². The Morgan fingerprint density at radius 3 is 2.60 bits per heavy atom. The Bertz CT molecular complexity index is 525. The molecule has 1 aliphatic rings. The van der Waals surface area contributed by atoms with Crippen molar-refractivity contribution < 1.29 is 19.2 Å². The maximum Gasteiger partial charge on any atom is 0.410 e. The zero-order valence-electron chi connectivity index (χ0n) is 15.9. The zero-order valence-corrected chi connectivity index (χ0v) is 15.9. The van der Waals surface area contributed by atoms with E-state index in [1.807, 2.05) is 33.8 Å². The smallest absolute Gasteiger partial charge is 0.410 e. The van der Waals surface area contributed by atoms with E-state index in [9.17, 15) is 9.59 Å². The molecule has 1 aliphatic heterocycles.